The van der Waals surface area contributed by atoms with Gasteiger partial charge in [0, 0.05) is 18.7 Å². The van der Waals surface area contributed by atoms with E-state index < -0.39 is 0 Å². The lowest BCUT2D eigenvalue weighted by Crippen LogP contribution is -2.44. The predicted molar refractivity (Wildman–Crippen MR) is 128 cm³/mol. The Morgan fingerprint density at radius 1 is 1.16 bits per heavy atom. The average Bonchev–Trinajstić information content (AvgIpc) is 3.21. The van der Waals surface area contributed by atoms with Crippen LogP contribution in [-0.2, 0) is 9.59 Å². The highest BCUT2D eigenvalue weighted by Gasteiger charge is 2.27. The number of primary amides is 1. The molecular formula is C25H28N4O2S. The number of carbonyl (C=O) groups is 2. The second kappa shape index (κ2) is 9.61. The molecule has 1 aliphatic rings. The molecule has 0 bridgehead atoms. The van der Waals surface area contributed by atoms with E-state index >= 15 is 0 Å². The summed E-state index contributed by atoms with van der Waals surface area (Å²) in [5.74, 6) is -0.299. The van der Waals surface area contributed by atoms with Crippen LogP contribution >= 0.6 is 11.8 Å². The van der Waals surface area contributed by atoms with Crippen LogP contribution < -0.4 is 5.73 Å². The van der Waals surface area contributed by atoms with Crippen LogP contribution in [0.1, 0.15) is 24.0 Å². The van der Waals surface area contributed by atoms with Crippen molar-refractivity contribution in [2.75, 3.05) is 18.8 Å². The Balaban J connectivity index is 1.61. The van der Waals surface area contributed by atoms with Gasteiger partial charge in [-0.15, -0.1) is 0 Å². The highest BCUT2D eigenvalue weighted by atomic mass is 32.2. The van der Waals surface area contributed by atoms with Crippen LogP contribution in [0.5, 0.6) is 0 Å². The summed E-state index contributed by atoms with van der Waals surface area (Å²) >= 11 is 1.43. The minimum Gasteiger partial charge on any atom is -0.369 e. The number of hydrogen-bond acceptors (Lipinski definition) is 4. The first-order valence-electron chi connectivity index (χ1n) is 10.8. The maximum Gasteiger partial charge on any atom is 0.233 e. The molecule has 2 aromatic carbocycles. The summed E-state index contributed by atoms with van der Waals surface area (Å²) in [7, 11) is 0. The summed E-state index contributed by atoms with van der Waals surface area (Å²) in [6.07, 6.45) is 3.43. The van der Waals surface area contributed by atoms with E-state index in [2.05, 4.69) is 53.7 Å². The second-order valence-electron chi connectivity index (χ2n) is 8.29. The highest BCUT2D eigenvalue weighted by molar-refractivity contribution is 7.99. The summed E-state index contributed by atoms with van der Waals surface area (Å²) in [5, 5.41) is 0.771. The van der Waals surface area contributed by atoms with Crippen molar-refractivity contribution in [3.63, 3.8) is 0 Å². The molecule has 166 valence electrons. The van der Waals surface area contributed by atoms with Gasteiger partial charge in [0.25, 0.3) is 0 Å². The van der Waals surface area contributed by atoms with Crippen LogP contribution in [0.4, 0.5) is 0 Å². The summed E-state index contributed by atoms with van der Waals surface area (Å²) in [4.78, 5) is 30.9. The molecule has 3 aromatic rings. The SMILES string of the molecule is Cc1ccc(-n2c(-c3ccccc3)cnc2SCC(=O)N2CCCC(C(N)=O)C2)c(C)c1. The van der Waals surface area contributed by atoms with Crippen molar-refractivity contribution >= 4 is 23.6 Å². The van der Waals surface area contributed by atoms with E-state index in [9.17, 15) is 9.59 Å². The third kappa shape index (κ3) is 4.72. The number of amides is 2. The number of aryl methyl sites for hydroxylation is 2. The molecule has 2 amide bonds. The summed E-state index contributed by atoms with van der Waals surface area (Å²) in [6.45, 7) is 5.25. The molecule has 7 heteroatoms. The minimum atomic E-state index is -0.326. The number of carbonyl (C=O) groups excluding carboxylic acids is 2. The van der Waals surface area contributed by atoms with E-state index in [4.69, 9.17) is 5.73 Å². The molecule has 1 saturated heterocycles. The number of imidazole rings is 1. The van der Waals surface area contributed by atoms with Gasteiger partial charge in [0.15, 0.2) is 5.16 Å². The molecule has 0 aliphatic carbocycles. The van der Waals surface area contributed by atoms with Gasteiger partial charge >= 0.3 is 0 Å². The monoisotopic (exact) mass is 448 g/mol. The molecule has 0 saturated carbocycles. The predicted octanol–water partition coefficient (Wildman–Crippen LogP) is 3.97. The Kier molecular flexibility index (Phi) is 6.65. The summed E-state index contributed by atoms with van der Waals surface area (Å²) < 4.78 is 2.13. The zero-order valence-electron chi connectivity index (χ0n) is 18.5. The van der Waals surface area contributed by atoms with E-state index in [0.717, 1.165) is 40.5 Å². The number of benzene rings is 2. The first-order valence-corrected chi connectivity index (χ1v) is 11.8. The molecule has 1 aliphatic heterocycles. The average molecular weight is 449 g/mol. The number of hydrogen-bond donors (Lipinski definition) is 1. The zero-order chi connectivity index (χ0) is 22.7. The van der Waals surface area contributed by atoms with Crippen molar-refractivity contribution in [1.82, 2.24) is 14.5 Å². The Bertz CT molecular complexity index is 1130. The fraction of sp³-hybridized carbons (Fsp3) is 0.320. The van der Waals surface area contributed by atoms with Crippen molar-refractivity contribution in [3.8, 4) is 16.9 Å². The third-order valence-corrected chi connectivity index (χ3v) is 6.83. The number of piperidine rings is 1. The van der Waals surface area contributed by atoms with E-state index in [0.29, 0.717) is 13.1 Å². The van der Waals surface area contributed by atoms with Gasteiger partial charge in [0.1, 0.15) is 0 Å². The maximum absolute atomic E-state index is 12.9. The maximum atomic E-state index is 12.9. The molecule has 1 unspecified atom stereocenters. The Morgan fingerprint density at radius 3 is 2.66 bits per heavy atom. The lowest BCUT2D eigenvalue weighted by atomic mass is 9.97. The van der Waals surface area contributed by atoms with E-state index in [1.54, 1.807) is 4.90 Å². The van der Waals surface area contributed by atoms with Crippen LogP contribution in [-0.4, -0.2) is 45.1 Å². The fourth-order valence-electron chi connectivity index (χ4n) is 4.19. The van der Waals surface area contributed by atoms with Gasteiger partial charge in [-0.25, -0.2) is 4.98 Å². The number of aromatic nitrogens is 2. The lowest BCUT2D eigenvalue weighted by Gasteiger charge is -2.31. The molecule has 6 nitrogen and oxygen atoms in total. The van der Waals surface area contributed by atoms with E-state index in [1.807, 2.05) is 24.4 Å². The summed E-state index contributed by atoms with van der Waals surface area (Å²) in [6, 6.07) is 16.5. The molecule has 2 heterocycles. The molecule has 32 heavy (non-hydrogen) atoms. The van der Waals surface area contributed by atoms with Crippen molar-refractivity contribution in [1.29, 1.82) is 0 Å². The first kappa shape index (κ1) is 22.1. The van der Waals surface area contributed by atoms with E-state index in [-0.39, 0.29) is 23.5 Å². The molecule has 4 rings (SSSR count). The first-order chi connectivity index (χ1) is 15.4. The lowest BCUT2D eigenvalue weighted by molar-refractivity contribution is -0.132. The molecular weight excluding hydrogens is 420 g/mol. The van der Waals surface area contributed by atoms with Crippen molar-refractivity contribution in [3.05, 3.63) is 65.9 Å². The zero-order valence-corrected chi connectivity index (χ0v) is 19.3. The number of nitrogens with two attached hydrogens (primary N) is 1. The van der Waals surface area contributed by atoms with Crippen LogP contribution in [0, 0.1) is 19.8 Å². The highest BCUT2D eigenvalue weighted by Crippen LogP contribution is 2.32. The van der Waals surface area contributed by atoms with Gasteiger partial charge in [0.2, 0.25) is 11.8 Å². The van der Waals surface area contributed by atoms with Gasteiger partial charge in [0.05, 0.1) is 29.2 Å². The van der Waals surface area contributed by atoms with E-state index in [1.165, 1.54) is 17.3 Å². The van der Waals surface area contributed by atoms with Gasteiger partial charge in [-0.3, -0.25) is 14.2 Å². The second-order valence-corrected chi connectivity index (χ2v) is 9.23. The number of thioether (sulfide) groups is 1. The minimum absolute atomic E-state index is 0.0115. The van der Waals surface area contributed by atoms with Gasteiger partial charge in [-0.2, -0.15) is 0 Å². The fourth-order valence-corrected chi connectivity index (χ4v) is 5.08. The van der Waals surface area contributed by atoms with Crippen LogP contribution in [0.25, 0.3) is 16.9 Å². The van der Waals surface area contributed by atoms with Crippen molar-refractivity contribution < 1.29 is 9.59 Å². The third-order valence-electron chi connectivity index (χ3n) is 5.89. The topological polar surface area (TPSA) is 81.2 Å². The van der Waals surface area contributed by atoms with Crippen LogP contribution in [0.3, 0.4) is 0 Å². The van der Waals surface area contributed by atoms with Crippen LogP contribution in [0.15, 0.2) is 59.9 Å². The van der Waals surface area contributed by atoms with Crippen LogP contribution in [0.2, 0.25) is 0 Å². The van der Waals surface area contributed by atoms with Gasteiger partial charge in [-0.1, -0.05) is 59.8 Å². The summed E-state index contributed by atoms with van der Waals surface area (Å²) in [5.41, 5.74) is 10.9. The van der Waals surface area contributed by atoms with Gasteiger partial charge < -0.3 is 10.6 Å². The van der Waals surface area contributed by atoms with Crippen molar-refractivity contribution in [2.45, 2.75) is 31.8 Å². The Hall–Kier alpha value is -3.06. The molecule has 0 radical (unpaired) electrons. The smallest absolute Gasteiger partial charge is 0.233 e. The molecule has 1 fully saturated rings. The molecule has 2 N–H and O–H groups in total. The number of likely N-dealkylation sites (tertiary alicyclic amines) is 1. The Labute approximate surface area is 192 Å². The number of nitrogens with zero attached hydrogens (tertiary/aromatic N) is 3. The van der Waals surface area contributed by atoms with Crippen molar-refractivity contribution in [2.24, 2.45) is 11.7 Å². The number of rotatable bonds is 6. The molecule has 0 spiro atoms. The molecule has 1 atom stereocenters. The normalized spacial score (nSPS) is 16.2. The molecule has 1 aromatic heterocycles. The van der Waals surface area contributed by atoms with Gasteiger partial charge in [-0.05, 0) is 38.3 Å². The Morgan fingerprint density at radius 2 is 1.94 bits per heavy atom. The standard InChI is InChI=1S/C25H28N4O2S/c1-17-10-11-21(18(2)13-17)29-22(19-7-4-3-5-8-19)14-27-25(29)32-16-23(30)28-12-6-9-20(15-28)24(26)31/h3-5,7-8,10-11,13-14,20H,6,9,12,15-16H2,1-2H3,(H2,26,31). The largest absolute Gasteiger partial charge is 0.369 e. The quantitative estimate of drug-likeness (QED) is 0.579.